The fourth-order valence-corrected chi connectivity index (χ4v) is 3.80. The van der Waals surface area contributed by atoms with Crippen molar-refractivity contribution in [2.45, 2.75) is 31.3 Å². The Morgan fingerprint density at radius 3 is 2.96 bits per heavy atom. The van der Waals surface area contributed by atoms with Crippen molar-refractivity contribution in [1.82, 2.24) is 10.6 Å². The number of carbonyl (C=O) groups excluding carboxylic acids is 2. The second kappa shape index (κ2) is 8.18. The highest BCUT2D eigenvalue weighted by molar-refractivity contribution is 7.10. The Morgan fingerprint density at radius 1 is 1.38 bits per heavy atom. The number of ether oxygens (including phenoxy) is 1. The molecule has 1 aliphatic rings. The Bertz CT molecular complexity index is 782. The molecule has 3 rings (SSSR count). The lowest BCUT2D eigenvalue weighted by Gasteiger charge is -2.21. The van der Waals surface area contributed by atoms with Gasteiger partial charge < -0.3 is 21.1 Å². The van der Waals surface area contributed by atoms with Crippen molar-refractivity contribution in [3.63, 3.8) is 0 Å². The molecule has 2 aromatic rings. The van der Waals surface area contributed by atoms with Gasteiger partial charge in [-0.2, -0.15) is 0 Å². The van der Waals surface area contributed by atoms with E-state index in [2.05, 4.69) is 10.6 Å². The maximum Gasteiger partial charge on any atom is 0.312 e. The molecule has 0 saturated heterocycles. The molecule has 1 aliphatic heterocycles. The Balaban J connectivity index is 1.72. The number of fused-ring (bicyclic) bond motifs is 1. The Hall–Kier alpha value is -2.61. The van der Waals surface area contributed by atoms with Crippen molar-refractivity contribution in [2.75, 3.05) is 6.61 Å². The number of primary amides is 1. The molecule has 2 atom stereocenters. The highest BCUT2D eigenvalue weighted by Crippen LogP contribution is 2.32. The number of urea groups is 1. The number of hydrogen-bond donors (Lipinski definition) is 3. The fraction of sp³-hybridized carbons (Fsp3) is 0.333. The summed E-state index contributed by atoms with van der Waals surface area (Å²) in [5.41, 5.74) is 5.86. The predicted octanol–water partition coefficient (Wildman–Crippen LogP) is 3.02. The summed E-state index contributed by atoms with van der Waals surface area (Å²) in [4.78, 5) is 24.7. The fourth-order valence-electron chi connectivity index (χ4n) is 3.02. The van der Waals surface area contributed by atoms with Gasteiger partial charge in [-0.25, -0.2) is 9.18 Å². The molecule has 8 heteroatoms. The van der Waals surface area contributed by atoms with Crippen LogP contribution < -0.4 is 21.1 Å². The second-order valence-corrected chi connectivity index (χ2v) is 7.05. The van der Waals surface area contributed by atoms with Gasteiger partial charge in [0.05, 0.1) is 25.1 Å². The summed E-state index contributed by atoms with van der Waals surface area (Å²) in [7, 11) is 0. The quantitative estimate of drug-likeness (QED) is 0.748. The summed E-state index contributed by atoms with van der Waals surface area (Å²) in [6, 6.07) is 6.47. The first-order chi connectivity index (χ1) is 12.5. The van der Waals surface area contributed by atoms with E-state index < -0.39 is 12.1 Å². The molecule has 138 valence electrons. The molecule has 0 radical (unpaired) electrons. The van der Waals surface area contributed by atoms with Crippen LogP contribution >= 0.6 is 11.3 Å². The molecule has 1 aromatic carbocycles. The molecule has 6 nitrogen and oxygen atoms in total. The van der Waals surface area contributed by atoms with Gasteiger partial charge >= 0.3 is 6.03 Å². The van der Waals surface area contributed by atoms with Crippen LogP contribution in [0.4, 0.5) is 9.18 Å². The van der Waals surface area contributed by atoms with Gasteiger partial charge in [0.1, 0.15) is 11.6 Å². The van der Waals surface area contributed by atoms with Crippen molar-refractivity contribution < 1.29 is 18.7 Å². The van der Waals surface area contributed by atoms with Crippen LogP contribution in [-0.2, 0) is 4.79 Å². The Labute approximate surface area is 154 Å². The predicted molar refractivity (Wildman–Crippen MR) is 96.4 cm³/mol. The molecule has 0 unspecified atom stereocenters. The molecule has 3 amide bonds. The van der Waals surface area contributed by atoms with Crippen molar-refractivity contribution in [1.29, 1.82) is 0 Å². The van der Waals surface area contributed by atoms with Gasteiger partial charge in [0, 0.05) is 10.4 Å². The molecular weight excluding hydrogens is 357 g/mol. The Kier molecular flexibility index (Phi) is 5.72. The molecule has 0 bridgehead atoms. The summed E-state index contributed by atoms with van der Waals surface area (Å²) >= 11 is 1.44. The number of carbonyl (C=O) groups is 2. The Morgan fingerprint density at radius 2 is 2.23 bits per heavy atom. The molecular formula is C18H20FN3O3S. The van der Waals surface area contributed by atoms with Crippen molar-refractivity contribution in [2.24, 2.45) is 5.73 Å². The van der Waals surface area contributed by atoms with Crippen LogP contribution in [0.25, 0.3) is 0 Å². The third-order valence-corrected chi connectivity index (χ3v) is 5.16. The van der Waals surface area contributed by atoms with Crippen molar-refractivity contribution in [3.05, 3.63) is 52.0 Å². The standard InChI is InChI=1S/C18H20FN3O3S/c19-11-5-6-15-12(9-11)13(3-1-7-25-15)21-17(23)10-14(22-18(20)24)16-4-2-8-26-16/h2,4-6,8-9,13-14H,1,3,7,10H2,(H,21,23)(H3,20,22,24)/t13-,14-/m1/s1. The van der Waals surface area contributed by atoms with Crippen LogP contribution in [0.15, 0.2) is 35.7 Å². The zero-order chi connectivity index (χ0) is 18.5. The number of nitrogens with one attached hydrogen (secondary N) is 2. The minimum atomic E-state index is -0.688. The van der Waals surface area contributed by atoms with Crippen LogP contribution in [0.5, 0.6) is 5.75 Å². The lowest BCUT2D eigenvalue weighted by atomic mass is 10.0. The van der Waals surface area contributed by atoms with Crippen LogP contribution in [0, 0.1) is 5.82 Å². The molecule has 1 aromatic heterocycles. The highest BCUT2D eigenvalue weighted by atomic mass is 32.1. The van der Waals surface area contributed by atoms with E-state index >= 15 is 0 Å². The monoisotopic (exact) mass is 377 g/mol. The first kappa shape index (κ1) is 18.2. The number of hydrogen-bond acceptors (Lipinski definition) is 4. The number of amides is 3. The SMILES string of the molecule is NC(=O)N[C@H](CC(=O)N[C@@H]1CCCOc2ccc(F)cc21)c1cccs1. The average Bonchev–Trinajstić information content (AvgIpc) is 3.05. The summed E-state index contributed by atoms with van der Waals surface area (Å²) < 4.78 is 19.3. The molecule has 0 saturated carbocycles. The molecule has 0 aliphatic carbocycles. The normalized spacial score (nSPS) is 17.3. The maximum absolute atomic E-state index is 13.6. The lowest BCUT2D eigenvalue weighted by Crippen LogP contribution is -2.37. The third kappa shape index (κ3) is 4.51. The smallest absolute Gasteiger partial charge is 0.312 e. The minimum absolute atomic E-state index is 0.0471. The lowest BCUT2D eigenvalue weighted by molar-refractivity contribution is -0.122. The number of benzene rings is 1. The van der Waals surface area contributed by atoms with Gasteiger partial charge in [-0.1, -0.05) is 6.07 Å². The average molecular weight is 377 g/mol. The van der Waals surface area contributed by atoms with Gasteiger partial charge in [0.2, 0.25) is 5.91 Å². The zero-order valence-corrected chi connectivity index (χ0v) is 14.9. The number of halogens is 1. The van der Waals surface area contributed by atoms with Crippen molar-refractivity contribution >= 4 is 23.3 Å². The van der Waals surface area contributed by atoms with E-state index in [1.54, 1.807) is 6.07 Å². The van der Waals surface area contributed by atoms with E-state index in [-0.39, 0.29) is 24.2 Å². The maximum atomic E-state index is 13.6. The van der Waals surface area contributed by atoms with Crippen LogP contribution in [0.1, 0.15) is 41.8 Å². The summed E-state index contributed by atoms with van der Waals surface area (Å²) in [6.07, 6.45) is 1.44. The minimum Gasteiger partial charge on any atom is -0.493 e. The largest absolute Gasteiger partial charge is 0.493 e. The van der Waals surface area contributed by atoms with Gasteiger partial charge in [0.15, 0.2) is 0 Å². The van der Waals surface area contributed by atoms with Gasteiger partial charge in [-0.3, -0.25) is 4.79 Å². The molecule has 2 heterocycles. The summed E-state index contributed by atoms with van der Waals surface area (Å²) in [6.45, 7) is 0.520. The van der Waals surface area contributed by atoms with Crippen LogP contribution in [-0.4, -0.2) is 18.5 Å². The van der Waals surface area contributed by atoms with Crippen molar-refractivity contribution in [3.8, 4) is 5.75 Å². The van der Waals surface area contributed by atoms with E-state index in [0.29, 0.717) is 24.3 Å². The van der Waals surface area contributed by atoms with Crippen LogP contribution in [0.2, 0.25) is 0 Å². The topological polar surface area (TPSA) is 93.5 Å². The third-order valence-electron chi connectivity index (χ3n) is 4.17. The van der Waals surface area contributed by atoms with Gasteiger partial charge in [-0.15, -0.1) is 11.3 Å². The summed E-state index contributed by atoms with van der Waals surface area (Å²) in [5.74, 6) is -0.0427. The molecule has 4 N–H and O–H groups in total. The first-order valence-electron chi connectivity index (χ1n) is 8.34. The summed E-state index contributed by atoms with van der Waals surface area (Å²) in [5, 5.41) is 7.40. The molecule has 26 heavy (non-hydrogen) atoms. The molecule has 0 spiro atoms. The van der Waals surface area contributed by atoms with E-state index in [0.717, 1.165) is 11.3 Å². The van der Waals surface area contributed by atoms with E-state index in [1.807, 2.05) is 17.5 Å². The zero-order valence-electron chi connectivity index (χ0n) is 14.0. The number of rotatable bonds is 5. The van der Waals surface area contributed by atoms with Crippen LogP contribution in [0.3, 0.4) is 0 Å². The molecule has 0 fully saturated rings. The number of nitrogens with two attached hydrogens (primary N) is 1. The van der Waals surface area contributed by atoms with E-state index in [4.69, 9.17) is 10.5 Å². The number of thiophene rings is 1. The van der Waals surface area contributed by atoms with E-state index in [9.17, 15) is 14.0 Å². The van der Waals surface area contributed by atoms with Gasteiger partial charge in [-0.05, 0) is 42.5 Å². The van der Waals surface area contributed by atoms with E-state index in [1.165, 1.54) is 23.5 Å². The first-order valence-corrected chi connectivity index (χ1v) is 9.22. The second-order valence-electron chi connectivity index (χ2n) is 6.07. The highest BCUT2D eigenvalue weighted by Gasteiger charge is 2.24. The van der Waals surface area contributed by atoms with Gasteiger partial charge in [0.25, 0.3) is 0 Å².